The van der Waals surface area contributed by atoms with Gasteiger partial charge in [0.2, 0.25) is 5.91 Å². The average molecular weight is 181 g/mol. The molecule has 4 heteroatoms. The molecule has 1 fully saturated rings. The normalized spacial score (nSPS) is 18.1. The van der Waals surface area contributed by atoms with Gasteiger partial charge in [-0.15, -0.1) is 6.42 Å². The SMILES string of the molecule is C#CCC(=O)NC1(C(=O)O)CCC1. The van der Waals surface area contributed by atoms with Crippen LogP contribution in [0, 0.1) is 12.3 Å². The van der Waals surface area contributed by atoms with Crippen molar-refractivity contribution in [1.29, 1.82) is 0 Å². The van der Waals surface area contributed by atoms with E-state index >= 15 is 0 Å². The largest absolute Gasteiger partial charge is 0.480 e. The molecule has 1 aliphatic carbocycles. The van der Waals surface area contributed by atoms with Gasteiger partial charge in [0.05, 0.1) is 6.42 Å². The van der Waals surface area contributed by atoms with Gasteiger partial charge < -0.3 is 10.4 Å². The van der Waals surface area contributed by atoms with Crippen LogP contribution in [0.4, 0.5) is 0 Å². The van der Waals surface area contributed by atoms with Gasteiger partial charge in [0, 0.05) is 0 Å². The summed E-state index contributed by atoms with van der Waals surface area (Å²) in [4.78, 5) is 21.8. The van der Waals surface area contributed by atoms with Crippen molar-refractivity contribution < 1.29 is 14.7 Å². The number of rotatable bonds is 3. The Bertz CT molecular complexity index is 273. The fraction of sp³-hybridized carbons (Fsp3) is 0.556. The Kier molecular flexibility index (Phi) is 2.57. The Balaban J connectivity index is 2.55. The molecular weight excluding hydrogens is 170 g/mol. The van der Waals surface area contributed by atoms with E-state index in [1.807, 2.05) is 0 Å². The molecule has 0 saturated heterocycles. The molecule has 0 atom stereocenters. The molecule has 0 spiro atoms. The number of carboxylic acids is 1. The van der Waals surface area contributed by atoms with Gasteiger partial charge in [0.25, 0.3) is 0 Å². The molecular formula is C9H11NO3. The monoisotopic (exact) mass is 181 g/mol. The summed E-state index contributed by atoms with van der Waals surface area (Å²) in [6, 6.07) is 0. The van der Waals surface area contributed by atoms with Crippen LogP contribution in [0.25, 0.3) is 0 Å². The first kappa shape index (κ1) is 9.59. The number of nitrogens with one attached hydrogen (secondary N) is 1. The van der Waals surface area contributed by atoms with E-state index in [9.17, 15) is 9.59 Å². The lowest BCUT2D eigenvalue weighted by Crippen LogP contribution is -2.59. The van der Waals surface area contributed by atoms with Crippen LogP contribution in [-0.2, 0) is 9.59 Å². The summed E-state index contributed by atoms with van der Waals surface area (Å²) in [5.41, 5.74) is -1.03. The highest BCUT2D eigenvalue weighted by molar-refractivity contribution is 5.88. The van der Waals surface area contributed by atoms with Crippen molar-refractivity contribution in [2.24, 2.45) is 0 Å². The van der Waals surface area contributed by atoms with Crippen LogP contribution >= 0.6 is 0 Å². The maximum Gasteiger partial charge on any atom is 0.329 e. The van der Waals surface area contributed by atoms with Crippen LogP contribution in [0.1, 0.15) is 25.7 Å². The molecule has 0 aliphatic heterocycles. The lowest BCUT2D eigenvalue weighted by atomic mass is 9.76. The quantitative estimate of drug-likeness (QED) is 0.608. The number of carbonyl (C=O) groups excluding carboxylic acids is 1. The summed E-state index contributed by atoms with van der Waals surface area (Å²) < 4.78 is 0. The Morgan fingerprint density at radius 1 is 1.54 bits per heavy atom. The van der Waals surface area contributed by atoms with Gasteiger partial charge in [0.1, 0.15) is 5.54 Å². The summed E-state index contributed by atoms with van der Waals surface area (Å²) in [5, 5.41) is 11.3. The molecule has 70 valence electrons. The van der Waals surface area contributed by atoms with E-state index in [0.29, 0.717) is 12.8 Å². The van der Waals surface area contributed by atoms with Crippen LogP contribution in [0.15, 0.2) is 0 Å². The van der Waals surface area contributed by atoms with E-state index in [1.54, 1.807) is 0 Å². The number of carbonyl (C=O) groups is 2. The minimum absolute atomic E-state index is 0.0605. The predicted octanol–water partition coefficient (Wildman–Crippen LogP) is 0.133. The average Bonchev–Trinajstić information content (AvgIpc) is 1.96. The summed E-state index contributed by atoms with van der Waals surface area (Å²) in [7, 11) is 0. The van der Waals surface area contributed by atoms with Gasteiger partial charge >= 0.3 is 5.97 Å². The minimum Gasteiger partial charge on any atom is -0.480 e. The van der Waals surface area contributed by atoms with Crippen molar-refractivity contribution in [1.82, 2.24) is 5.32 Å². The van der Waals surface area contributed by atoms with Gasteiger partial charge in [-0.05, 0) is 19.3 Å². The van der Waals surface area contributed by atoms with Gasteiger partial charge in [-0.2, -0.15) is 0 Å². The number of terminal acetylenes is 1. The van der Waals surface area contributed by atoms with E-state index in [0.717, 1.165) is 6.42 Å². The third-order valence-corrected chi connectivity index (χ3v) is 2.26. The number of hydrogen-bond donors (Lipinski definition) is 2. The molecule has 2 N–H and O–H groups in total. The zero-order valence-electron chi connectivity index (χ0n) is 7.17. The zero-order valence-corrected chi connectivity index (χ0v) is 7.17. The molecule has 0 aromatic carbocycles. The van der Waals surface area contributed by atoms with Crippen molar-refractivity contribution in [3.63, 3.8) is 0 Å². The predicted molar refractivity (Wildman–Crippen MR) is 45.8 cm³/mol. The highest BCUT2D eigenvalue weighted by Crippen LogP contribution is 2.31. The van der Waals surface area contributed by atoms with Crippen molar-refractivity contribution >= 4 is 11.9 Å². The second-order valence-corrected chi connectivity index (χ2v) is 3.17. The Hall–Kier alpha value is -1.50. The summed E-state index contributed by atoms with van der Waals surface area (Å²) in [6.07, 6.45) is 6.70. The first-order chi connectivity index (χ1) is 6.10. The first-order valence-electron chi connectivity index (χ1n) is 4.08. The van der Waals surface area contributed by atoms with Crippen LogP contribution in [0.2, 0.25) is 0 Å². The third-order valence-electron chi connectivity index (χ3n) is 2.26. The molecule has 0 aromatic rings. The van der Waals surface area contributed by atoms with E-state index < -0.39 is 11.5 Å². The summed E-state index contributed by atoms with van der Waals surface area (Å²) in [5.74, 6) is 0.819. The summed E-state index contributed by atoms with van der Waals surface area (Å²) >= 11 is 0. The maximum absolute atomic E-state index is 11.0. The second kappa shape index (κ2) is 3.48. The molecule has 4 nitrogen and oxygen atoms in total. The Morgan fingerprint density at radius 2 is 2.15 bits per heavy atom. The van der Waals surface area contributed by atoms with Crippen molar-refractivity contribution in [3.05, 3.63) is 0 Å². The fourth-order valence-electron chi connectivity index (χ4n) is 1.33. The van der Waals surface area contributed by atoms with E-state index in [4.69, 9.17) is 11.5 Å². The molecule has 0 bridgehead atoms. The fourth-order valence-corrected chi connectivity index (χ4v) is 1.33. The lowest BCUT2D eigenvalue weighted by Gasteiger charge is -2.38. The Morgan fingerprint density at radius 3 is 2.46 bits per heavy atom. The van der Waals surface area contributed by atoms with Crippen LogP contribution in [-0.4, -0.2) is 22.5 Å². The number of carboxylic acid groups (broad SMARTS) is 1. The van der Waals surface area contributed by atoms with Crippen molar-refractivity contribution in [2.45, 2.75) is 31.2 Å². The van der Waals surface area contributed by atoms with Gasteiger partial charge in [-0.1, -0.05) is 5.92 Å². The van der Waals surface area contributed by atoms with Gasteiger partial charge in [0.15, 0.2) is 0 Å². The molecule has 0 heterocycles. The van der Waals surface area contributed by atoms with E-state index in [1.165, 1.54) is 0 Å². The van der Waals surface area contributed by atoms with Gasteiger partial charge in [-0.3, -0.25) is 4.79 Å². The molecule has 13 heavy (non-hydrogen) atoms. The molecule has 1 amide bonds. The highest BCUT2D eigenvalue weighted by atomic mass is 16.4. The number of hydrogen-bond acceptors (Lipinski definition) is 2. The molecule has 0 unspecified atom stereocenters. The number of amides is 1. The van der Waals surface area contributed by atoms with Crippen LogP contribution < -0.4 is 5.32 Å². The van der Waals surface area contributed by atoms with Crippen LogP contribution in [0.5, 0.6) is 0 Å². The molecule has 0 radical (unpaired) electrons. The van der Waals surface area contributed by atoms with Crippen LogP contribution in [0.3, 0.4) is 0 Å². The molecule has 0 aromatic heterocycles. The molecule has 1 rings (SSSR count). The maximum atomic E-state index is 11.0. The lowest BCUT2D eigenvalue weighted by molar-refractivity contribution is -0.151. The van der Waals surface area contributed by atoms with Crippen molar-refractivity contribution in [2.75, 3.05) is 0 Å². The van der Waals surface area contributed by atoms with Crippen molar-refractivity contribution in [3.8, 4) is 12.3 Å². The zero-order chi connectivity index (χ0) is 9.90. The standard InChI is InChI=1S/C9H11NO3/c1-2-4-7(11)10-9(8(12)13)5-3-6-9/h1H,3-6H2,(H,10,11)(H,12,13). The minimum atomic E-state index is -1.03. The first-order valence-corrected chi connectivity index (χ1v) is 4.08. The van der Waals surface area contributed by atoms with Gasteiger partial charge in [-0.25, -0.2) is 4.79 Å². The van der Waals surface area contributed by atoms with E-state index in [-0.39, 0.29) is 12.3 Å². The molecule has 1 aliphatic rings. The second-order valence-electron chi connectivity index (χ2n) is 3.17. The highest BCUT2D eigenvalue weighted by Gasteiger charge is 2.45. The number of aliphatic carboxylic acids is 1. The summed E-state index contributed by atoms with van der Waals surface area (Å²) in [6.45, 7) is 0. The topological polar surface area (TPSA) is 66.4 Å². The Labute approximate surface area is 76.3 Å². The smallest absolute Gasteiger partial charge is 0.329 e. The molecule has 1 saturated carbocycles. The third kappa shape index (κ3) is 1.81. The van der Waals surface area contributed by atoms with E-state index in [2.05, 4.69) is 11.2 Å².